The quantitative estimate of drug-likeness (QED) is 0.367. The van der Waals surface area contributed by atoms with E-state index in [1.807, 2.05) is 13.0 Å². The first-order valence-corrected chi connectivity index (χ1v) is 10.8. The molecule has 1 aromatic heterocycles. The van der Waals surface area contributed by atoms with Gasteiger partial charge in [-0.2, -0.15) is 0 Å². The molecule has 0 saturated carbocycles. The number of halogens is 1. The molecule has 7 heteroatoms. The first-order valence-electron chi connectivity index (χ1n) is 10.4. The number of hydrogen-bond donors (Lipinski definition) is 0. The highest BCUT2D eigenvalue weighted by molar-refractivity contribution is 6.30. The fourth-order valence-corrected chi connectivity index (χ4v) is 3.77. The predicted molar refractivity (Wildman–Crippen MR) is 125 cm³/mol. The first kappa shape index (κ1) is 21.1. The molecule has 0 bridgehead atoms. The molecule has 166 valence electrons. The van der Waals surface area contributed by atoms with Gasteiger partial charge in [-0.25, -0.2) is 0 Å². The van der Waals surface area contributed by atoms with Crippen LogP contribution < -0.4 is 19.6 Å². The molecule has 0 spiro atoms. The highest BCUT2D eigenvalue weighted by atomic mass is 35.5. The Labute approximate surface area is 194 Å². The largest absolute Gasteiger partial charge is 0.486 e. The second-order valence-corrected chi connectivity index (χ2v) is 8.10. The lowest BCUT2D eigenvalue weighted by Gasteiger charge is -2.18. The summed E-state index contributed by atoms with van der Waals surface area (Å²) in [6, 6.07) is 17.1. The van der Waals surface area contributed by atoms with E-state index in [0.717, 1.165) is 5.56 Å². The summed E-state index contributed by atoms with van der Waals surface area (Å²) in [5, 5.41) is 0.925. The molecule has 0 aliphatic carbocycles. The summed E-state index contributed by atoms with van der Waals surface area (Å²) < 4.78 is 22.9. The van der Waals surface area contributed by atoms with Crippen LogP contribution in [0.2, 0.25) is 5.02 Å². The van der Waals surface area contributed by atoms with Gasteiger partial charge in [0.1, 0.15) is 18.8 Å². The predicted octanol–water partition coefficient (Wildman–Crippen LogP) is 5.45. The second kappa shape index (κ2) is 8.64. The molecule has 4 aromatic rings. The summed E-state index contributed by atoms with van der Waals surface area (Å²) in [7, 11) is 0. The molecule has 6 nitrogen and oxygen atoms in total. The van der Waals surface area contributed by atoms with Gasteiger partial charge in [-0.15, -0.1) is 0 Å². The van der Waals surface area contributed by atoms with Crippen molar-refractivity contribution in [3.8, 4) is 28.6 Å². The molecule has 2 heterocycles. The maximum atomic E-state index is 13.3. The number of rotatable bonds is 5. The van der Waals surface area contributed by atoms with E-state index in [9.17, 15) is 9.59 Å². The molecule has 5 rings (SSSR count). The van der Waals surface area contributed by atoms with Gasteiger partial charge in [-0.3, -0.25) is 9.59 Å². The van der Waals surface area contributed by atoms with Crippen LogP contribution in [0.15, 0.2) is 69.9 Å². The molecule has 0 saturated heterocycles. The molecular weight excluding hydrogens is 444 g/mol. The van der Waals surface area contributed by atoms with E-state index in [-0.39, 0.29) is 29.3 Å². The Kier molecular flexibility index (Phi) is 5.52. The van der Waals surface area contributed by atoms with Gasteiger partial charge in [0.25, 0.3) is 0 Å². The van der Waals surface area contributed by atoms with Crippen molar-refractivity contribution in [3.63, 3.8) is 0 Å². The van der Waals surface area contributed by atoms with Crippen LogP contribution in [0, 0.1) is 6.92 Å². The zero-order valence-corrected chi connectivity index (χ0v) is 18.5. The molecule has 3 aromatic carbocycles. The molecule has 33 heavy (non-hydrogen) atoms. The van der Waals surface area contributed by atoms with E-state index >= 15 is 0 Å². The summed E-state index contributed by atoms with van der Waals surface area (Å²) in [5.41, 5.74) is 2.05. The van der Waals surface area contributed by atoms with Gasteiger partial charge in [0.2, 0.25) is 11.2 Å². The summed E-state index contributed by atoms with van der Waals surface area (Å²) in [6.07, 6.45) is 0. The Hall–Kier alpha value is -3.77. The summed E-state index contributed by atoms with van der Waals surface area (Å²) in [5.74, 6) is 1.01. The zero-order valence-electron chi connectivity index (χ0n) is 17.7. The summed E-state index contributed by atoms with van der Waals surface area (Å²) in [4.78, 5) is 26.1. The van der Waals surface area contributed by atoms with Gasteiger partial charge in [0, 0.05) is 16.1 Å². The van der Waals surface area contributed by atoms with Crippen molar-refractivity contribution in [2.45, 2.75) is 6.92 Å². The molecule has 0 N–H and O–H groups in total. The van der Waals surface area contributed by atoms with E-state index in [0.29, 0.717) is 51.8 Å². The highest BCUT2D eigenvalue weighted by Gasteiger charge is 2.20. The lowest BCUT2D eigenvalue weighted by Crippen LogP contribution is -2.18. The molecular formula is C26H19ClO6. The molecule has 0 radical (unpaired) electrons. The summed E-state index contributed by atoms with van der Waals surface area (Å²) in [6.45, 7) is 2.46. The maximum absolute atomic E-state index is 13.3. The molecule has 0 unspecified atom stereocenters. The fourth-order valence-electron chi connectivity index (χ4n) is 3.64. The van der Waals surface area contributed by atoms with Crippen LogP contribution in [0.4, 0.5) is 0 Å². The third-order valence-corrected chi connectivity index (χ3v) is 5.58. The maximum Gasteiger partial charge on any atom is 0.235 e. The van der Waals surface area contributed by atoms with Gasteiger partial charge in [0.05, 0.1) is 5.39 Å². The van der Waals surface area contributed by atoms with Crippen molar-refractivity contribution < 1.29 is 23.4 Å². The van der Waals surface area contributed by atoms with Crippen LogP contribution in [0.1, 0.15) is 15.9 Å². The van der Waals surface area contributed by atoms with Crippen LogP contribution in [0.25, 0.3) is 22.3 Å². The topological polar surface area (TPSA) is 75.0 Å². The van der Waals surface area contributed by atoms with Crippen LogP contribution in [-0.4, -0.2) is 25.6 Å². The smallest absolute Gasteiger partial charge is 0.235 e. The molecule has 0 fully saturated rings. The fraction of sp³-hybridized carbons (Fsp3) is 0.154. The van der Waals surface area contributed by atoms with Crippen LogP contribution in [-0.2, 0) is 0 Å². The molecule has 1 aliphatic rings. The molecule has 0 atom stereocenters. The van der Waals surface area contributed by atoms with Gasteiger partial charge in [-0.1, -0.05) is 17.7 Å². The Bertz CT molecular complexity index is 1420. The van der Waals surface area contributed by atoms with E-state index in [1.165, 1.54) is 0 Å². The minimum absolute atomic E-state index is 0.0282. The van der Waals surface area contributed by atoms with Gasteiger partial charge < -0.3 is 18.6 Å². The number of hydrogen-bond acceptors (Lipinski definition) is 6. The summed E-state index contributed by atoms with van der Waals surface area (Å²) >= 11 is 6.02. The van der Waals surface area contributed by atoms with Crippen molar-refractivity contribution in [1.82, 2.24) is 0 Å². The van der Waals surface area contributed by atoms with Crippen molar-refractivity contribution in [2.75, 3.05) is 19.8 Å². The minimum atomic E-state index is -0.351. The van der Waals surface area contributed by atoms with E-state index in [2.05, 4.69) is 0 Å². The van der Waals surface area contributed by atoms with Crippen molar-refractivity contribution >= 4 is 28.4 Å². The van der Waals surface area contributed by atoms with E-state index in [4.69, 9.17) is 30.2 Å². The van der Waals surface area contributed by atoms with Crippen LogP contribution >= 0.6 is 11.6 Å². The Morgan fingerprint density at radius 2 is 1.73 bits per heavy atom. The molecule has 1 aliphatic heterocycles. The average molecular weight is 463 g/mol. The normalized spacial score (nSPS) is 12.5. The number of aryl methyl sites for hydroxylation is 1. The lowest BCUT2D eigenvalue weighted by molar-refractivity contribution is 0.0919. The zero-order chi connectivity index (χ0) is 22.9. The monoisotopic (exact) mass is 462 g/mol. The number of ether oxygens (including phenoxy) is 3. The number of Topliss-reactive ketones (excluding diaryl/α,β-unsaturated/α-hetero) is 1. The number of ketones is 1. The standard InChI is InChI=1S/C26H19ClO6/c1-15-2-8-19-22(12-15)33-25(16-3-6-18(27)7-4-16)26(24(19)29)32-14-20(28)17-5-9-21-23(13-17)31-11-10-30-21/h2-9,12-13H,10-11,14H2,1H3. The van der Waals surface area contributed by atoms with Gasteiger partial charge in [0.15, 0.2) is 29.6 Å². The van der Waals surface area contributed by atoms with Crippen molar-refractivity contribution in [2.24, 2.45) is 0 Å². The lowest BCUT2D eigenvalue weighted by atomic mass is 10.1. The number of fused-ring (bicyclic) bond motifs is 2. The van der Waals surface area contributed by atoms with Crippen molar-refractivity contribution in [3.05, 3.63) is 87.0 Å². The van der Waals surface area contributed by atoms with Gasteiger partial charge >= 0.3 is 0 Å². The average Bonchev–Trinajstić information content (AvgIpc) is 2.83. The van der Waals surface area contributed by atoms with Crippen LogP contribution in [0.3, 0.4) is 0 Å². The van der Waals surface area contributed by atoms with Crippen molar-refractivity contribution in [1.29, 1.82) is 0 Å². The van der Waals surface area contributed by atoms with Gasteiger partial charge in [-0.05, 0) is 67.1 Å². The van der Waals surface area contributed by atoms with Crippen LogP contribution in [0.5, 0.6) is 17.2 Å². The Morgan fingerprint density at radius 1 is 0.970 bits per heavy atom. The number of benzene rings is 3. The third-order valence-electron chi connectivity index (χ3n) is 5.32. The Balaban J connectivity index is 1.51. The van der Waals surface area contributed by atoms with E-state index < -0.39 is 0 Å². The second-order valence-electron chi connectivity index (χ2n) is 7.67. The number of carbonyl (C=O) groups is 1. The first-order chi connectivity index (χ1) is 16.0. The third kappa shape index (κ3) is 4.17. The Morgan fingerprint density at radius 3 is 2.52 bits per heavy atom. The number of carbonyl (C=O) groups excluding carboxylic acids is 1. The SMILES string of the molecule is Cc1ccc2c(=O)c(OCC(=O)c3ccc4c(c3)OCCO4)c(-c3ccc(Cl)cc3)oc2c1. The van der Waals surface area contributed by atoms with E-state index in [1.54, 1.807) is 54.6 Å². The molecule has 0 amide bonds. The highest BCUT2D eigenvalue weighted by Crippen LogP contribution is 2.33. The minimum Gasteiger partial charge on any atom is -0.486 e.